The van der Waals surface area contributed by atoms with Crippen molar-refractivity contribution in [2.45, 2.75) is 26.7 Å². The van der Waals surface area contributed by atoms with Gasteiger partial charge in [0.15, 0.2) is 0 Å². The maximum absolute atomic E-state index is 11.5. The Kier molecular flexibility index (Phi) is 5.32. The molecule has 2 aromatic rings. The van der Waals surface area contributed by atoms with E-state index in [2.05, 4.69) is 38.9 Å². The van der Waals surface area contributed by atoms with Gasteiger partial charge in [-0.2, -0.15) is 4.98 Å². The van der Waals surface area contributed by atoms with Crippen LogP contribution in [0.15, 0.2) is 6.07 Å². The molecule has 7 heteroatoms. The number of anilines is 2. The summed E-state index contributed by atoms with van der Waals surface area (Å²) in [6.07, 6.45) is 1.41. The first kappa shape index (κ1) is 15.5. The number of nitrogens with one attached hydrogen (secondary N) is 3. The monoisotopic (exact) mass is 307 g/mol. The number of carbonyl (C=O) groups is 1. The fraction of sp³-hybridized carbons (Fsp3) is 0.500. The molecular weight excluding hydrogens is 286 g/mol. The summed E-state index contributed by atoms with van der Waals surface area (Å²) < 4.78 is 0. The molecule has 0 bridgehead atoms. The van der Waals surface area contributed by atoms with Gasteiger partial charge >= 0.3 is 0 Å². The maximum atomic E-state index is 11.5. The van der Waals surface area contributed by atoms with Gasteiger partial charge in [0.25, 0.3) is 0 Å². The summed E-state index contributed by atoms with van der Waals surface area (Å²) in [4.78, 5) is 22.6. The van der Waals surface area contributed by atoms with Gasteiger partial charge in [-0.3, -0.25) is 4.79 Å². The zero-order chi connectivity index (χ0) is 15.2. The van der Waals surface area contributed by atoms with Crippen LogP contribution < -0.4 is 16.0 Å². The average Bonchev–Trinajstić information content (AvgIpc) is 2.90. The molecule has 0 aromatic carbocycles. The van der Waals surface area contributed by atoms with E-state index in [4.69, 9.17) is 0 Å². The SMILES string of the molecule is CCNC(=O)CCNc1nc(NC)nc2sc(CC)cc12. The highest BCUT2D eigenvalue weighted by Gasteiger charge is 2.11. The first-order valence-corrected chi connectivity index (χ1v) is 7.98. The predicted molar refractivity (Wildman–Crippen MR) is 88.1 cm³/mol. The van der Waals surface area contributed by atoms with Crippen molar-refractivity contribution in [3.05, 3.63) is 10.9 Å². The van der Waals surface area contributed by atoms with Gasteiger partial charge in [-0.25, -0.2) is 4.98 Å². The number of nitrogens with zero attached hydrogens (tertiary/aromatic N) is 2. The Labute approximate surface area is 128 Å². The molecule has 2 heterocycles. The number of aromatic nitrogens is 2. The molecule has 0 radical (unpaired) electrons. The smallest absolute Gasteiger partial charge is 0.225 e. The molecule has 2 aromatic heterocycles. The number of thiophene rings is 1. The lowest BCUT2D eigenvalue weighted by Crippen LogP contribution is -2.24. The normalized spacial score (nSPS) is 10.6. The Balaban J connectivity index is 2.16. The van der Waals surface area contributed by atoms with Crippen LogP contribution in [0.1, 0.15) is 25.1 Å². The van der Waals surface area contributed by atoms with Crippen LogP contribution >= 0.6 is 11.3 Å². The quantitative estimate of drug-likeness (QED) is 0.731. The minimum Gasteiger partial charge on any atom is -0.369 e. The van der Waals surface area contributed by atoms with E-state index in [9.17, 15) is 4.79 Å². The molecule has 2 rings (SSSR count). The summed E-state index contributed by atoms with van der Waals surface area (Å²) in [5.41, 5.74) is 0. The van der Waals surface area contributed by atoms with Crippen molar-refractivity contribution in [1.82, 2.24) is 15.3 Å². The zero-order valence-electron chi connectivity index (χ0n) is 12.6. The fourth-order valence-corrected chi connectivity index (χ4v) is 2.94. The van der Waals surface area contributed by atoms with Crippen molar-refractivity contribution in [1.29, 1.82) is 0 Å². The molecule has 0 spiro atoms. The van der Waals surface area contributed by atoms with E-state index in [1.165, 1.54) is 4.88 Å². The van der Waals surface area contributed by atoms with Crippen LogP contribution in [0.5, 0.6) is 0 Å². The van der Waals surface area contributed by atoms with Crippen LogP contribution in [-0.2, 0) is 11.2 Å². The van der Waals surface area contributed by atoms with Crippen molar-refractivity contribution in [3.63, 3.8) is 0 Å². The van der Waals surface area contributed by atoms with E-state index < -0.39 is 0 Å². The van der Waals surface area contributed by atoms with Crippen molar-refractivity contribution in [2.24, 2.45) is 0 Å². The lowest BCUT2D eigenvalue weighted by molar-refractivity contribution is -0.120. The van der Waals surface area contributed by atoms with Crippen LogP contribution in [-0.4, -0.2) is 36.0 Å². The number of rotatable bonds is 7. The molecule has 0 fully saturated rings. The van der Waals surface area contributed by atoms with Gasteiger partial charge in [-0.15, -0.1) is 11.3 Å². The molecule has 21 heavy (non-hydrogen) atoms. The van der Waals surface area contributed by atoms with Crippen molar-refractivity contribution >= 4 is 39.2 Å². The second-order valence-electron chi connectivity index (χ2n) is 4.56. The van der Waals surface area contributed by atoms with Crippen LogP contribution in [0.3, 0.4) is 0 Å². The molecule has 0 saturated heterocycles. The van der Waals surface area contributed by atoms with Crippen molar-refractivity contribution in [2.75, 3.05) is 30.8 Å². The zero-order valence-corrected chi connectivity index (χ0v) is 13.4. The average molecular weight is 307 g/mol. The highest BCUT2D eigenvalue weighted by atomic mass is 32.1. The van der Waals surface area contributed by atoms with Gasteiger partial charge in [0.1, 0.15) is 10.6 Å². The minimum absolute atomic E-state index is 0.0451. The topological polar surface area (TPSA) is 78.9 Å². The Hall–Kier alpha value is -1.89. The van der Waals surface area contributed by atoms with Gasteiger partial charge < -0.3 is 16.0 Å². The third-order valence-electron chi connectivity index (χ3n) is 3.03. The Morgan fingerprint density at radius 3 is 2.81 bits per heavy atom. The lowest BCUT2D eigenvalue weighted by Gasteiger charge is -2.08. The van der Waals surface area contributed by atoms with Gasteiger partial charge in [-0.05, 0) is 19.4 Å². The van der Waals surface area contributed by atoms with E-state index in [1.54, 1.807) is 18.4 Å². The first-order valence-electron chi connectivity index (χ1n) is 7.16. The van der Waals surface area contributed by atoms with Crippen LogP contribution in [0.4, 0.5) is 11.8 Å². The summed E-state index contributed by atoms with van der Waals surface area (Å²) in [5, 5.41) is 10.0. The third-order valence-corrected chi connectivity index (χ3v) is 4.21. The molecular formula is C14H21N5OS. The molecule has 1 amide bonds. The number of aryl methyl sites for hydroxylation is 1. The number of hydrogen-bond donors (Lipinski definition) is 3. The molecule has 6 nitrogen and oxygen atoms in total. The summed E-state index contributed by atoms with van der Waals surface area (Å²) >= 11 is 1.68. The van der Waals surface area contributed by atoms with Gasteiger partial charge in [-0.1, -0.05) is 6.92 Å². The molecule has 0 aliphatic carbocycles. The highest BCUT2D eigenvalue weighted by Crippen LogP contribution is 2.30. The standard InChI is InChI=1S/C14H21N5OS/c1-4-9-8-10-12(17-7-6-11(20)16-5-2)18-14(15-3)19-13(10)21-9/h8H,4-7H2,1-3H3,(H,16,20)(H2,15,17,18,19). The van der Waals surface area contributed by atoms with E-state index in [0.717, 1.165) is 22.5 Å². The molecule has 0 saturated carbocycles. The first-order chi connectivity index (χ1) is 10.2. The second kappa shape index (κ2) is 7.21. The Morgan fingerprint density at radius 1 is 1.33 bits per heavy atom. The third kappa shape index (κ3) is 3.81. The molecule has 3 N–H and O–H groups in total. The number of amides is 1. The maximum Gasteiger partial charge on any atom is 0.225 e. The second-order valence-corrected chi connectivity index (χ2v) is 5.68. The van der Waals surface area contributed by atoms with E-state index in [1.807, 2.05) is 6.92 Å². The minimum atomic E-state index is 0.0451. The summed E-state index contributed by atoms with van der Waals surface area (Å²) in [5.74, 6) is 1.42. The molecule has 0 unspecified atom stereocenters. The number of fused-ring (bicyclic) bond motifs is 1. The summed E-state index contributed by atoms with van der Waals surface area (Å²) in [6, 6.07) is 2.12. The highest BCUT2D eigenvalue weighted by molar-refractivity contribution is 7.18. The van der Waals surface area contributed by atoms with E-state index >= 15 is 0 Å². The van der Waals surface area contributed by atoms with Gasteiger partial charge in [0, 0.05) is 31.4 Å². The van der Waals surface area contributed by atoms with Crippen LogP contribution in [0.25, 0.3) is 10.2 Å². The molecule has 0 aliphatic heterocycles. The van der Waals surface area contributed by atoms with Gasteiger partial charge in [0.2, 0.25) is 11.9 Å². The van der Waals surface area contributed by atoms with E-state index in [-0.39, 0.29) is 5.91 Å². The largest absolute Gasteiger partial charge is 0.369 e. The number of carbonyl (C=O) groups excluding carboxylic acids is 1. The van der Waals surface area contributed by atoms with Crippen molar-refractivity contribution in [3.8, 4) is 0 Å². The fourth-order valence-electron chi connectivity index (χ4n) is 1.97. The molecule has 0 aliphatic rings. The van der Waals surface area contributed by atoms with Gasteiger partial charge in [0.05, 0.1) is 5.39 Å². The number of hydrogen-bond acceptors (Lipinski definition) is 6. The Bertz CT molecular complexity index is 625. The summed E-state index contributed by atoms with van der Waals surface area (Å²) in [7, 11) is 1.80. The van der Waals surface area contributed by atoms with E-state index in [0.29, 0.717) is 25.5 Å². The predicted octanol–water partition coefficient (Wildman–Crippen LogP) is 2.23. The molecule has 0 atom stereocenters. The lowest BCUT2D eigenvalue weighted by atomic mass is 10.3. The molecule has 114 valence electrons. The Morgan fingerprint density at radius 2 is 2.14 bits per heavy atom. The van der Waals surface area contributed by atoms with Crippen molar-refractivity contribution < 1.29 is 4.79 Å². The summed E-state index contributed by atoms with van der Waals surface area (Å²) in [6.45, 7) is 5.25. The van der Waals surface area contributed by atoms with Crippen LogP contribution in [0, 0.1) is 0 Å². The van der Waals surface area contributed by atoms with Crippen LogP contribution in [0.2, 0.25) is 0 Å².